The predicted molar refractivity (Wildman–Crippen MR) is 108 cm³/mol. The Labute approximate surface area is 162 Å². The number of aromatic nitrogens is 1. The van der Waals surface area contributed by atoms with Gasteiger partial charge in [-0.2, -0.15) is 0 Å². The highest BCUT2D eigenvalue weighted by atomic mass is 16.2. The van der Waals surface area contributed by atoms with Crippen molar-refractivity contribution in [3.8, 4) is 0 Å². The van der Waals surface area contributed by atoms with Gasteiger partial charge in [0, 0.05) is 43.1 Å². The number of rotatable bonds is 4. The number of hydrogen-bond acceptors (Lipinski definition) is 3. The molecule has 0 radical (unpaired) electrons. The van der Waals surface area contributed by atoms with E-state index in [2.05, 4.69) is 40.6 Å². The van der Waals surface area contributed by atoms with Crippen LogP contribution < -0.4 is 5.32 Å². The Hall–Kier alpha value is -2.20. The topological polar surface area (TPSA) is 45.2 Å². The summed E-state index contributed by atoms with van der Waals surface area (Å²) in [4.78, 5) is 18.6. The van der Waals surface area contributed by atoms with E-state index in [0.29, 0.717) is 18.0 Å². The zero-order valence-corrected chi connectivity index (χ0v) is 15.9. The van der Waals surface area contributed by atoms with Crippen molar-refractivity contribution >= 4 is 5.91 Å². The third kappa shape index (κ3) is 4.38. The number of piperidine rings is 1. The molecule has 4 nitrogen and oxygen atoms in total. The summed E-state index contributed by atoms with van der Waals surface area (Å²) in [6.07, 6.45) is 10.6. The Kier molecular flexibility index (Phi) is 5.83. The molecule has 1 aromatic carbocycles. The average Bonchev–Trinajstić information content (AvgIpc) is 2.75. The lowest BCUT2D eigenvalue weighted by atomic mass is 9.79. The van der Waals surface area contributed by atoms with Crippen molar-refractivity contribution < 1.29 is 4.79 Å². The molecule has 1 amide bonds. The summed E-state index contributed by atoms with van der Waals surface area (Å²) in [6, 6.07) is 15.7. The largest absolute Gasteiger partial charge is 0.339 e. The lowest BCUT2D eigenvalue weighted by molar-refractivity contribution is 0.0698. The summed E-state index contributed by atoms with van der Waals surface area (Å²) < 4.78 is 0. The fourth-order valence-corrected chi connectivity index (χ4v) is 4.66. The fourth-order valence-electron chi connectivity index (χ4n) is 4.66. The highest BCUT2D eigenvalue weighted by molar-refractivity contribution is 5.94. The van der Waals surface area contributed by atoms with Crippen LogP contribution in [0.25, 0.3) is 0 Å². The van der Waals surface area contributed by atoms with Crippen LogP contribution >= 0.6 is 0 Å². The van der Waals surface area contributed by atoms with E-state index < -0.39 is 0 Å². The van der Waals surface area contributed by atoms with Crippen LogP contribution in [0.2, 0.25) is 0 Å². The Bertz CT molecular complexity index is 726. The van der Waals surface area contributed by atoms with E-state index in [0.717, 1.165) is 31.5 Å². The lowest BCUT2D eigenvalue weighted by Crippen LogP contribution is -2.49. The number of amides is 1. The van der Waals surface area contributed by atoms with Crippen molar-refractivity contribution in [2.24, 2.45) is 0 Å². The van der Waals surface area contributed by atoms with Gasteiger partial charge in [-0.05, 0) is 49.3 Å². The van der Waals surface area contributed by atoms with E-state index >= 15 is 0 Å². The van der Waals surface area contributed by atoms with Gasteiger partial charge in [0.05, 0.1) is 0 Å². The third-order valence-electron chi connectivity index (χ3n) is 6.15. The molecule has 0 spiro atoms. The fraction of sp³-hybridized carbons (Fsp3) is 0.478. The van der Waals surface area contributed by atoms with Gasteiger partial charge in [0.25, 0.3) is 5.91 Å². The molecule has 2 aromatic rings. The highest BCUT2D eigenvalue weighted by Crippen LogP contribution is 2.33. The third-order valence-corrected chi connectivity index (χ3v) is 6.15. The zero-order chi connectivity index (χ0) is 18.5. The molecule has 1 saturated heterocycles. The molecule has 0 bridgehead atoms. The molecule has 1 aromatic heterocycles. The van der Waals surface area contributed by atoms with Crippen molar-refractivity contribution in [2.75, 3.05) is 13.1 Å². The second-order valence-electron chi connectivity index (χ2n) is 7.88. The minimum absolute atomic E-state index is 0.135. The Balaban J connectivity index is 1.33. The van der Waals surface area contributed by atoms with Crippen LogP contribution in [0.15, 0.2) is 54.9 Å². The van der Waals surface area contributed by atoms with E-state index in [9.17, 15) is 4.79 Å². The molecule has 4 heteroatoms. The number of nitrogens with one attached hydrogen (secondary N) is 1. The summed E-state index contributed by atoms with van der Waals surface area (Å²) >= 11 is 0. The van der Waals surface area contributed by atoms with Crippen LogP contribution in [0, 0.1) is 0 Å². The molecule has 1 aliphatic heterocycles. The van der Waals surface area contributed by atoms with E-state index in [4.69, 9.17) is 0 Å². The molecular formula is C23H29N3O. The van der Waals surface area contributed by atoms with Crippen LogP contribution in [0.5, 0.6) is 0 Å². The van der Waals surface area contributed by atoms with E-state index in [1.165, 1.54) is 31.2 Å². The molecule has 0 unspecified atom stereocenters. The number of likely N-dealkylation sites (tertiary alicyclic amines) is 1. The van der Waals surface area contributed by atoms with Gasteiger partial charge >= 0.3 is 0 Å². The number of pyridine rings is 1. The van der Waals surface area contributed by atoms with Crippen molar-refractivity contribution in [1.82, 2.24) is 15.2 Å². The molecule has 27 heavy (non-hydrogen) atoms. The van der Waals surface area contributed by atoms with Crippen molar-refractivity contribution in [2.45, 2.75) is 56.5 Å². The maximum absolute atomic E-state index is 12.6. The first-order valence-electron chi connectivity index (χ1n) is 10.3. The van der Waals surface area contributed by atoms with Gasteiger partial charge in [-0.3, -0.25) is 9.78 Å². The molecule has 1 aliphatic carbocycles. The minimum atomic E-state index is 0.135. The summed E-state index contributed by atoms with van der Waals surface area (Å²) in [5.74, 6) is 0.757. The summed E-state index contributed by atoms with van der Waals surface area (Å²) in [5, 5.41) is 3.96. The zero-order valence-electron chi connectivity index (χ0n) is 15.9. The van der Waals surface area contributed by atoms with Crippen LogP contribution in [0.4, 0.5) is 0 Å². The number of carbonyl (C=O) groups excluding carboxylic acids is 1. The molecule has 2 aliphatic rings. The van der Waals surface area contributed by atoms with Gasteiger partial charge in [-0.1, -0.05) is 43.2 Å². The number of carbonyl (C=O) groups is 1. The molecule has 1 saturated carbocycles. The molecular weight excluding hydrogens is 334 g/mol. The maximum Gasteiger partial charge on any atom is 0.253 e. The monoisotopic (exact) mass is 363 g/mol. The van der Waals surface area contributed by atoms with Gasteiger partial charge in [-0.15, -0.1) is 0 Å². The van der Waals surface area contributed by atoms with Gasteiger partial charge in [0.2, 0.25) is 0 Å². The van der Waals surface area contributed by atoms with Gasteiger partial charge in [0.15, 0.2) is 0 Å². The van der Waals surface area contributed by atoms with Crippen LogP contribution in [-0.4, -0.2) is 41.0 Å². The Morgan fingerprint density at radius 1 is 0.926 bits per heavy atom. The molecule has 2 fully saturated rings. The highest BCUT2D eigenvalue weighted by Gasteiger charge is 2.30. The Morgan fingerprint density at radius 3 is 2.37 bits per heavy atom. The van der Waals surface area contributed by atoms with Crippen molar-refractivity contribution in [1.29, 1.82) is 0 Å². The SMILES string of the molecule is O=C(c1ccncc1)N1CCC(N[C@@H]2CCCC[C@H]2c2ccccc2)CC1. The maximum atomic E-state index is 12.6. The van der Waals surface area contributed by atoms with Gasteiger partial charge < -0.3 is 10.2 Å². The standard InChI is InChI=1S/C23H29N3O/c27-23(19-10-14-24-15-11-19)26-16-12-20(13-17-26)25-22-9-5-4-8-21(22)18-6-2-1-3-7-18/h1-3,6-7,10-11,14-15,20-22,25H,4-5,8-9,12-13,16-17H2/t21-,22+/m0/s1. The molecule has 142 valence electrons. The Morgan fingerprint density at radius 2 is 1.63 bits per heavy atom. The van der Waals surface area contributed by atoms with Crippen LogP contribution in [0.1, 0.15) is 60.4 Å². The minimum Gasteiger partial charge on any atom is -0.339 e. The first-order chi connectivity index (χ1) is 13.3. The lowest BCUT2D eigenvalue weighted by Gasteiger charge is -2.39. The summed E-state index contributed by atoms with van der Waals surface area (Å²) in [7, 11) is 0. The van der Waals surface area contributed by atoms with Crippen molar-refractivity contribution in [3.05, 3.63) is 66.0 Å². The average molecular weight is 364 g/mol. The van der Waals surface area contributed by atoms with Gasteiger partial charge in [-0.25, -0.2) is 0 Å². The van der Waals surface area contributed by atoms with Crippen LogP contribution in [0.3, 0.4) is 0 Å². The van der Waals surface area contributed by atoms with Gasteiger partial charge in [0.1, 0.15) is 0 Å². The second-order valence-corrected chi connectivity index (χ2v) is 7.88. The van der Waals surface area contributed by atoms with E-state index in [1.807, 2.05) is 4.90 Å². The second kappa shape index (κ2) is 8.66. The molecule has 1 N–H and O–H groups in total. The number of nitrogens with zero attached hydrogens (tertiary/aromatic N) is 2. The normalized spacial score (nSPS) is 23.9. The smallest absolute Gasteiger partial charge is 0.253 e. The molecule has 4 rings (SSSR count). The molecule has 2 heterocycles. The number of hydrogen-bond donors (Lipinski definition) is 1. The first-order valence-corrected chi connectivity index (χ1v) is 10.3. The first kappa shape index (κ1) is 18.2. The summed E-state index contributed by atoms with van der Waals surface area (Å²) in [5.41, 5.74) is 2.22. The predicted octanol–water partition coefficient (Wildman–Crippen LogP) is 4.00. The van der Waals surface area contributed by atoms with Crippen LogP contribution in [-0.2, 0) is 0 Å². The van der Waals surface area contributed by atoms with E-state index in [1.54, 1.807) is 24.5 Å². The van der Waals surface area contributed by atoms with E-state index in [-0.39, 0.29) is 5.91 Å². The summed E-state index contributed by atoms with van der Waals surface area (Å²) in [6.45, 7) is 1.67. The number of benzene rings is 1. The quantitative estimate of drug-likeness (QED) is 0.893. The van der Waals surface area contributed by atoms with Crippen molar-refractivity contribution in [3.63, 3.8) is 0 Å². The molecule has 2 atom stereocenters.